The van der Waals surface area contributed by atoms with Gasteiger partial charge in [0.25, 0.3) is 5.91 Å². The zero-order chi connectivity index (χ0) is 22.5. The van der Waals surface area contributed by atoms with Crippen LogP contribution >= 0.6 is 0 Å². The molecule has 0 atom stereocenters. The minimum Gasteiger partial charge on any atom is -0.492 e. The van der Waals surface area contributed by atoms with E-state index in [0.717, 1.165) is 12.1 Å². The highest BCUT2D eigenvalue weighted by atomic mass is 32.2. The van der Waals surface area contributed by atoms with Gasteiger partial charge in [-0.3, -0.25) is 4.79 Å². The molecule has 10 heteroatoms. The van der Waals surface area contributed by atoms with Crippen molar-refractivity contribution in [2.45, 2.75) is 31.8 Å². The van der Waals surface area contributed by atoms with E-state index in [1.165, 1.54) is 34.6 Å². The standard InChI is InChI=1S/C20H23F3N2O4S/c1-4-25(5-2)30(27,28)18-13-14(11-12-17(18)29-6-3)24-19(26)15-9-7-8-10-16(15)20(21,22)23/h7-13H,4-6H2,1-3H3,(H,24,26). The van der Waals surface area contributed by atoms with E-state index in [4.69, 9.17) is 4.74 Å². The molecule has 0 bridgehead atoms. The first-order valence-electron chi connectivity index (χ1n) is 9.30. The van der Waals surface area contributed by atoms with Gasteiger partial charge in [0.1, 0.15) is 10.6 Å². The predicted molar refractivity (Wildman–Crippen MR) is 107 cm³/mol. The molecule has 0 unspecified atom stereocenters. The molecule has 30 heavy (non-hydrogen) atoms. The lowest BCUT2D eigenvalue weighted by Gasteiger charge is -2.21. The Labute approximate surface area is 173 Å². The van der Waals surface area contributed by atoms with Gasteiger partial charge in [-0.05, 0) is 37.3 Å². The Kier molecular flexibility index (Phi) is 7.49. The summed E-state index contributed by atoms with van der Waals surface area (Å²) in [6.07, 6.45) is -4.70. The Hall–Kier alpha value is -2.59. The van der Waals surface area contributed by atoms with Crippen molar-refractivity contribution in [3.05, 3.63) is 53.6 Å². The second-order valence-corrected chi connectivity index (χ2v) is 8.09. The number of nitrogens with zero attached hydrogens (tertiary/aromatic N) is 1. The molecule has 0 fully saturated rings. The number of ether oxygens (including phenoxy) is 1. The van der Waals surface area contributed by atoms with Crippen LogP contribution in [0.3, 0.4) is 0 Å². The van der Waals surface area contributed by atoms with Gasteiger partial charge < -0.3 is 10.1 Å². The Bertz CT molecular complexity index is 1000. The summed E-state index contributed by atoms with van der Waals surface area (Å²) in [6.45, 7) is 5.71. The lowest BCUT2D eigenvalue weighted by atomic mass is 10.1. The average molecular weight is 444 g/mol. The highest BCUT2D eigenvalue weighted by Crippen LogP contribution is 2.33. The molecule has 1 amide bonds. The number of hydrogen-bond acceptors (Lipinski definition) is 4. The van der Waals surface area contributed by atoms with Gasteiger partial charge in [-0.1, -0.05) is 26.0 Å². The molecule has 164 valence electrons. The molecule has 0 heterocycles. The Morgan fingerprint density at radius 1 is 1.07 bits per heavy atom. The molecular formula is C20H23F3N2O4S. The maximum atomic E-state index is 13.2. The number of anilines is 1. The van der Waals surface area contributed by atoms with Gasteiger partial charge >= 0.3 is 6.18 Å². The van der Waals surface area contributed by atoms with Crippen LogP contribution < -0.4 is 10.1 Å². The summed E-state index contributed by atoms with van der Waals surface area (Å²) >= 11 is 0. The molecule has 0 aliphatic rings. The van der Waals surface area contributed by atoms with Crippen molar-refractivity contribution in [3.63, 3.8) is 0 Å². The monoisotopic (exact) mass is 444 g/mol. The lowest BCUT2D eigenvalue weighted by molar-refractivity contribution is -0.137. The smallest absolute Gasteiger partial charge is 0.417 e. The first kappa shape index (κ1) is 23.7. The molecule has 0 saturated heterocycles. The molecule has 0 radical (unpaired) electrons. The largest absolute Gasteiger partial charge is 0.492 e. The summed E-state index contributed by atoms with van der Waals surface area (Å²) in [6, 6.07) is 8.30. The van der Waals surface area contributed by atoms with Crippen LogP contribution in [0.5, 0.6) is 5.75 Å². The molecule has 0 aromatic heterocycles. The summed E-state index contributed by atoms with van der Waals surface area (Å²) in [4.78, 5) is 12.3. The fourth-order valence-electron chi connectivity index (χ4n) is 2.89. The van der Waals surface area contributed by atoms with E-state index >= 15 is 0 Å². The van der Waals surface area contributed by atoms with Crippen LogP contribution in [0.4, 0.5) is 18.9 Å². The molecule has 0 aliphatic carbocycles. The minimum absolute atomic E-state index is 0.0335. The molecule has 2 aromatic carbocycles. The second kappa shape index (κ2) is 9.48. The number of hydrogen-bond donors (Lipinski definition) is 1. The van der Waals surface area contributed by atoms with Crippen molar-refractivity contribution >= 4 is 21.6 Å². The Balaban J connectivity index is 2.47. The van der Waals surface area contributed by atoms with Gasteiger partial charge in [-0.2, -0.15) is 17.5 Å². The van der Waals surface area contributed by atoms with E-state index in [1.54, 1.807) is 20.8 Å². The molecule has 2 aromatic rings. The van der Waals surface area contributed by atoms with E-state index in [2.05, 4.69) is 5.32 Å². The number of rotatable bonds is 8. The summed E-state index contributed by atoms with van der Waals surface area (Å²) in [5.74, 6) is -0.906. The van der Waals surface area contributed by atoms with Crippen LogP contribution in [-0.4, -0.2) is 38.3 Å². The second-order valence-electron chi connectivity index (χ2n) is 6.18. The van der Waals surface area contributed by atoms with Gasteiger partial charge in [-0.15, -0.1) is 0 Å². The first-order valence-corrected chi connectivity index (χ1v) is 10.7. The predicted octanol–water partition coefficient (Wildman–Crippen LogP) is 4.39. The molecule has 6 nitrogen and oxygen atoms in total. The number of carbonyl (C=O) groups is 1. The van der Waals surface area contributed by atoms with Crippen LogP contribution in [0.25, 0.3) is 0 Å². The van der Waals surface area contributed by atoms with Gasteiger partial charge in [0.2, 0.25) is 10.0 Å². The average Bonchev–Trinajstić information content (AvgIpc) is 2.69. The maximum Gasteiger partial charge on any atom is 0.417 e. The Morgan fingerprint density at radius 3 is 2.27 bits per heavy atom. The fraction of sp³-hybridized carbons (Fsp3) is 0.350. The summed E-state index contributed by atoms with van der Waals surface area (Å²) in [5, 5.41) is 2.35. The lowest BCUT2D eigenvalue weighted by Crippen LogP contribution is -2.31. The zero-order valence-corrected chi connectivity index (χ0v) is 17.6. The van der Waals surface area contributed by atoms with Crippen molar-refractivity contribution in [1.82, 2.24) is 4.31 Å². The highest BCUT2D eigenvalue weighted by Gasteiger charge is 2.35. The van der Waals surface area contributed by atoms with Crippen LogP contribution in [0.2, 0.25) is 0 Å². The van der Waals surface area contributed by atoms with E-state index < -0.39 is 33.2 Å². The van der Waals surface area contributed by atoms with Crippen LogP contribution in [0, 0.1) is 0 Å². The maximum absolute atomic E-state index is 13.2. The van der Waals surface area contributed by atoms with Crippen molar-refractivity contribution in [2.24, 2.45) is 0 Å². The van der Waals surface area contributed by atoms with Gasteiger partial charge in [-0.25, -0.2) is 8.42 Å². The zero-order valence-electron chi connectivity index (χ0n) is 16.8. The number of sulfonamides is 1. The molecule has 0 aliphatic heterocycles. The van der Waals surface area contributed by atoms with E-state index in [-0.39, 0.29) is 36.0 Å². The van der Waals surface area contributed by atoms with Gasteiger partial charge in [0, 0.05) is 18.8 Å². The third-order valence-corrected chi connectivity index (χ3v) is 6.37. The number of carbonyl (C=O) groups excluding carboxylic acids is 1. The summed E-state index contributed by atoms with van der Waals surface area (Å²) in [7, 11) is -3.93. The van der Waals surface area contributed by atoms with E-state index in [0.29, 0.717) is 0 Å². The third-order valence-electron chi connectivity index (χ3n) is 4.30. The Morgan fingerprint density at radius 2 is 1.70 bits per heavy atom. The van der Waals surface area contributed by atoms with Crippen LogP contribution in [0.1, 0.15) is 36.7 Å². The number of nitrogens with one attached hydrogen (secondary N) is 1. The van der Waals surface area contributed by atoms with Crippen molar-refractivity contribution in [1.29, 1.82) is 0 Å². The summed E-state index contributed by atoms with van der Waals surface area (Å²) in [5.41, 5.74) is -1.61. The number of halogens is 3. The summed E-state index contributed by atoms with van der Waals surface area (Å²) < 4.78 is 72.1. The van der Waals surface area contributed by atoms with E-state index in [1.807, 2.05) is 0 Å². The molecule has 2 rings (SSSR count). The number of amides is 1. The minimum atomic E-state index is -4.70. The number of benzene rings is 2. The topological polar surface area (TPSA) is 75.7 Å². The molecular weight excluding hydrogens is 421 g/mol. The molecule has 1 N–H and O–H groups in total. The quantitative estimate of drug-likeness (QED) is 0.655. The molecule has 0 saturated carbocycles. The normalized spacial score (nSPS) is 12.1. The highest BCUT2D eigenvalue weighted by molar-refractivity contribution is 7.89. The fourth-order valence-corrected chi connectivity index (χ4v) is 4.51. The van der Waals surface area contributed by atoms with E-state index in [9.17, 15) is 26.4 Å². The van der Waals surface area contributed by atoms with Crippen molar-refractivity contribution in [2.75, 3.05) is 25.0 Å². The first-order chi connectivity index (χ1) is 14.1. The third kappa shape index (κ3) is 5.11. The SMILES string of the molecule is CCOc1ccc(NC(=O)c2ccccc2C(F)(F)F)cc1S(=O)(=O)N(CC)CC. The van der Waals surface area contributed by atoms with Gasteiger partial charge in [0.15, 0.2) is 0 Å². The van der Waals surface area contributed by atoms with Crippen LogP contribution in [0.15, 0.2) is 47.4 Å². The van der Waals surface area contributed by atoms with Gasteiger partial charge in [0.05, 0.1) is 17.7 Å². The molecule has 0 spiro atoms. The number of alkyl halides is 3. The van der Waals surface area contributed by atoms with Crippen LogP contribution in [-0.2, 0) is 16.2 Å². The van der Waals surface area contributed by atoms with Crippen molar-refractivity contribution < 1.29 is 31.1 Å². The van der Waals surface area contributed by atoms with Crippen molar-refractivity contribution in [3.8, 4) is 5.75 Å².